The van der Waals surface area contributed by atoms with Crippen LogP contribution in [-0.4, -0.2) is 98.7 Å². The Kier molecular flexibility index (Phi) is 20.7. The Labute approximate surface area is 157 Å². The smallest absolute Gasteiger partial charge is 0.0773 e. The number of aliphatic hydroxyl groups is 4. The maximum atomic E-state index is 9.78. The number of ether oxygens (including phenoxy) is 4. The lowest BCUT2D eigenvalue weighted by Crippen LogP contribution is -2.18. The van der Waals surface area contributed by atoms with Gasteiger partial charge in [-0.3, -0.25) is 0 Å². The predicted octanol–water partition coefficient (Wildman–Crippen LogP) is 0.0998. The second-order valence-electron chi connectivity index (χ2n) is 6.12. The first kappa shape index (κ1) is 25.7. The Morgan fingerprint density at radius 1 is 0.500 bits per heavy atom. The van der Waals surface area contributed by atoms with Gasteiger partial charge < -0.3 is 39.4 Å². The van der Waals surface area contributed by atoms with Crippen LogP contribution in [0.15, 0.2) is 0 Å². The van der Waals surface area contributed by atoms with E-state index >= 15 is 0 Å². The maximum absolute atomic E-state index is 9.78. The van der Waals surface area contributed by atoms with E-state index in [2.05, 4.69) is 0 Å². The van der Waals surface area contributed by atoms with Crippen LogP contribution >= 0.6 is 0 Å². The Morgan fingerprint density at radius 3 is 1.27 bits per heavy atom. The van der Waals surface area contributed by atoms with Gasteiger partial charge in [-0.1, -0.05) is 25.7 Å². The lowest BCUT2D eigenvalue weighted by molar-refractivity contribution is -0.00563. The van der Waals surface area contributed by atoms with Gasteiger partial charge in [0, 0.05) is 0 Å². The van der Waals surface area contributed by atoms with Crippen molar-refractivity contribution < 1.29 is 39.4 Å². The van der Waals surface area contributed by atoms with Gasteiger partial charge in [0.2, 0.25) is 0 Å². The second kappa shape index (κ2) is 21.0. The Balaban J connectivity index is 3.25. The summed E-state index contributed by atoms with van der Waals surface area (Å²) >= 11 is 0. The molecule has 26 heavy (non-hydrogen) atoms. The Bertz CT molecular complexity index is 242. The maximum Gasteiger partial charge on any atom is 0.0773 e. The first-order valence-corrected chi connectivity index (χ1v) is 9.59. The fraction of sp³-hybridized carbons (Fsp3) is 1.00. The fourth-order valence-electron chi connectivity index (χ4n) is 2.29. The van der Waals surface area contributed by atoms with Crippen LogP contribution in [0.25, 0.3) is 0 Å². The molecule has 8 nitrogen and oxygen atoms in total. The molecule has 0 fully saturated rings. The summed E-state index contributed by atoms with van der Waals surface area (Å²) in [5, 5.41) is 36.6. The van der Waals surface area contributed by atoms with Crippen LogP contribution in [0.3, 0.4) is 0 Å². The minimum Gasteiger partial charge on any atom is -0.394 e. The summed E-state index contributed by atoms with van der Waals surface area (Å²) in [4.78, 5) is 0. The first-order chi connectivity index (χ1) is 12.7. The van der Waals surface area contributed by atoms with Crippen molar-refractivity contribution in [1.29, 1.82) is 0 Å². The van der Waals surface area contributed by atoms with Crippen molar-refractivity contribution >= 4 is 0 Å². The zero-order valence-corrected chi connectivity index (χ0v) is 15.9. The normalized spacial score (nSPS) is 13.8. The van der Waals surface area contributed by atoms with E-state index in [1.807, 2.05) is 0 Å². The lowest BCUT2D eigenvalue weighted by atomic mass is 10.1. The summed E-state index contributed by atoms with van der Waals surface area (Å²) in [7, 11) is 0. The summed E-state index contributed by atoms with van der Waals surface area (Å²) in [5.41, 5.74) is 0. The van der Waals surface area contributed by atoms with Crippen molar-refractivity contribution in [3.05, 3.63) is 0 Å². The van der Waals surface area contributed by atoms with E-state index in [0.29, 0.717) is 65.7 Å². The summed E-state index contributed by atoms with van der Waals surface area (Å²) in [6.45, 7) is 2.94. The van der Waals surface area contributed by atoms with E-state index in [0.717, 1.165) is 25.7 Å². The molecule has 0 aliphatic carbocycles. The third-order valence-corrected chi connectivity index (χ3v) is 3.66. The van der Waals surface area contributed by atoms with Gasteiger partial charge in [-0.15, -0.1) is 0 Å². The van der Waals surface area contributed by atoms with Gasteiger partial charge in [0.05, 0.1) is 78.3 Å². The molecule has 0 spiro atoms. The van der Waals surface area contributed by atoms with Crippen molar-refractivity contribution in [3.63, 3.8) is 0 Å². The molecule has 0 aliphatic heterocycles. The van der Waals surface area contributed by atoms with Crippen LogP contribution in [0.5, 0.6) is 0 Å². The topological polar surface area (TPSA) is 118 Å². The van der Waals surface area contributed by atoms with Crippen molar-refractivity contribution in [2.24, 2.45) is 0 Å². The minimum absolute atomic E-state index is 0.00701. The van der Waals surface area contributed by atoms with Gasteiger partial charge in [0.25, 0.3) is 0 Å². The second-order valence-corrected chi connectivity index (χ2v) is 6.12. The zero-order chi connectivity index (χ0) is 19.3. The van der Waals surface area contributed by atoms with Crippen LogP contribution in [0.1, 0.15) is 38.5 Å². The van der Waals surface area contributed by atoms with E-state index in [9.17, 15) is 10.2 Å². The summed E-state index contributed by atoms with van der Waals surface area (Å²) in [6.07, 6.45) is 4.38. The van der Waals surface area contributed by atoms with E-state index in [-0.39, 0.29) is 13.2 Å². The van der Waals surface area contributed by atoms with Gasteiger partial charge in [0.15, 0.2) is 0 Å². The molecule has 0 saturated carbocycles. The lowest BCUT2D eigenvalue weighted by Gasteiger charge is -2.12. The molecule has 2 unspecified atom stereocenters. The first-order valence-electron chi connectivity index (χ1n) is 9.59. The molecular weight excluding hydrogens is 344 g/mol. The van der Waals surface area contributed by atoms with E-state index in [1.54, 1.807) is 0 Å². The number of aliphatic hydroxyl groups excluding tert-OH is 4. The van der Waals surface area contributed by atoms with Crippen molar-refractivity contribution in [3.8, 4) is 0 Å². The molecule has 0 radical (unpaired) electrons. The molecule has 0 amide bonds. The predicted molar refractivity (Wildman–Crippen MR) is 97.2 cm³/mol. The average Bonchev–Trinajstić information content (AvgIpc) is 2.63. The van der Waals surface area contributed by atoms with Gasteiger partial charge in [-0.05, 0) is 12.8 Å². The number of unbranched alkanes of at least 4 members (excludes halogenated alkanes) is 3. The number of hydrogen-bond donors (Lipinski definition) is 4. The largest absolute Gasteiger partial charge is 0.394 e. The van der Waals surface area contributed by atoms with Gasteiger partial charge in [-0.2, -0.15) is 0 Å². The van der Waals surface area contributed by atoms with Crippen LogP contribution in [0.4, 0.5) is 0 Å². The van der Waals surface area contributed by atoms with Gasteiger partial charge in [-0.25, -0.2) is 0 Å². The van der Waals surface area contributed by atoms with Crippen LogP contribution < -0.4 is 0 Å². The molecular formula is C18H38O8. The van der Waals surface area contributed by atoms with Crippen molar-refractivity contribution in [2.45, 2.75) is 50.7 Å². The van der Waals surface area contributed by atoms with Crippen molar-refractivity contribution in [2.75, 3.05) is 66.1 Å². The van der Waals surface area contributed by atoms with Gasteiger partial charge >= 0.3 is 0 Å². The summed E-state index contributed by atoms with van der Waals surface area (Å²) in [6, 6.07) is 0. The van der Waals surface area contributed by atoms with Crippen molar-refractivity contribution in [1.82, 2.24) is 0 Å². The highest BCUT2D eigenvalue weighted by molar-refractivity contribution is 4.57. The van der Waals surface area contributed by atoms with Crippen LogP contribution in [-0.2, 0) is 18.9 Å². The number of rotatable bonds is 21. The molecule has 0 aliphatic rings. The van der Waals surface area contributed by atoms with Gasteiger partial charge in [0.1, 0.15) is 0 Å². The van der Waals surface area contributed by atoms with E-state index < -0.39 is 12.2 Å². The molecule has 0 saturated heterocycles. The Hall–Kier alpha value is -0.320. The Morgan fingerprint density at radius 2 is 0.885 bits per heavy atom. The van der Waals surface area contributed by atoms with E-state index in [4.69, 9.17) is 29.2 Å². The molecule has 0 aromatic rings. The molecule has 0 rings (SSSR count). The highest BCUT2D eigenvalue weighted by Gasteiger charge is 2.06. The number of hydrogen-bond acceptors (Lipinski definition) is 8. The SMILES string of the molecule is OCCOCCOCC(O)CCCCCCC(O)COCCOCCO. The molecule has 0 aromatic carbocycles. The van der Waals surface area contributed by atoms with E-state index in [1.165, 1.54) is 0 Å². The molecule has 0 aromatic heterocycles. The van der Waals surface area contributed by atoms with Crippen LogP contribution in [0, 0.1) is 0 Å². The quantitative estimate of drug-likeness (QED) is 0.207. The molecule has 0 heterocycles. The molecule has 8 heteroatoms. The highest BCUT2D eigenvalue weighted by Crippen LogP contribution is 2.09. The monoisotopic (exact) mass is 382 g/mol. The molecule has 4 N–H and O–H groups in total. The average molecular weight is 382 g/mol. The molecule has 0 bridgehead atoms. The summed E-state index contributed by atoms with van der Waals surface area (Å²) < 4.78 is 20.7. The highest BCUT2D eigenvalue weighted by atomic mass is 16.5. The summed E-state index contributed by atoms with van der Waals surface area (Å²) in [5.74, 6) is 0. The minimum atomic E-state index is -0.458. The third kappa shape index (κ3) is 20.0. The third-order valence-electron chi connectivity index (χ3n) is 3.66. The zero-order valence-electron chi connectivity index (χ0n) is 15.9. The molecule has 2 atom stereocenters. The molecule has 158 valence electrons. The standard InChI is InChI=1S/C18H38O8/c19-7-9-23-11-13-25-15-17(21)5-3-1-2-4-6-18(22)16-26-14-12-24-10-8-20/h17-22H,1-16H2. The van der Waals surface area contributed by atoms with Crippen LogP contribution in [0.2, 0.25) is 0 Å². The fourth-order valence-corrected chi connectivity index (χ4v) is 2.29.